The van der Waals surface area contributed by atoms with Gasteiger partial charge in [-0.1, -0.05) is 0 Å². The summed E-state index contributed by atoms with van der Waals surface area (Å²) in [5.41, 5.74) is 0. The van der Waals surface area contributed by atoms with Gasteiger partial charge >= 0.3 is 0 Å². The summed E-state index contributed by atoms with van der Waals surface area (Å²) in [5.74, 6) is 0.891. The Kier molecular flexibility index (Phi) is 3.10. The lowest BCUT2D eigenvalue weighted by atomic mass is 10.4. The van der Waals surface area contributed by atoms with Crippen molar-refractivity contribution in [3.8, 4) is 0 Å². The third kappa shape index (κ3) is 2.92. The molecule has 0 atom stereocenters. The number of H-pyrrole nitrogens is 1. The molecule has 0 amide bonds. The minimum Gasteiger partial charge on any atom is -0.337 e. The maximum Gasteiger partial charge on any atom is 0.244 e. The number of aromatic amines is 1. The topological polar surface area (TPSA) is 91.0 Å². The van der Waals surface area contributed by atoms with Crippen molar-refractivity contribution in [2.75, 3.05) is 37.3 Å². The summed E-state index contributed by atoms with van der Waals surface area (Å²) in [4.78, 5) is 6.20. The molecule has 1 saturated heterocycles. The second kappa shape index (κ2) is 4.38. The summed E-state index contributed by atoms with van der Waals surface area (Å²) in [6.45, 7) is 3.48. The van der Waals surface area contributed by atoms with E-state index in [0.29, 0.717) is 11.8 Å². The summed E-state index contributed by atoms with van der Waals surface area (Å²) in [7, 11) is -3.06. The molecule has 0 saturated carbocycles. The molecular weight excluding hydrogens is 230 g/mol. The molecule has 1 fully saturated rings. The molecule has 1 aliphatic rings. The van der Waals surface area contributed by atoms with Gasteiger partial charge in [-0.2, -0.15) is 4.98 Å². The van der Waals surface area contributed by atoms with E-state index in [1.807, 2.05) is 4.90 Å². The first-order valence-electron chi connectivity index (χ1n) is 5.09. The maximum absolute atomic E-state index is 11.1. The van der Waals surface area contributed by atoms with Crippen molar-refractivity contribution in [1.82, 2.24) is 20.5 Å². The second-order valence-electron chi connectivity index (χ2n) is 3.89. The number of nitrogens with zero attached hydrogens (tertiary/aromatic N) is 3. The molecule has 8 heteroatoms. The zero-order valence-electron chi connectivity index (χ0n) is 9.10. The Labute approximate surface area is 94.2 Å². The van der Waals surface area contributed by atoms with Crippen LogP contribution in [0.3, 0.4) is 0 Å². The summed E-state index contributed by atoms with van der Waals surface area (Å²) in [5, 5.41) is 9.91. The Bertz CT molecular complexity index is 449. The van der Waals surface area contributed by atoms with Crippen LogP contribution in [0.2, 0.25) is 0 Å². The molecule has 0 radical (unpaired) electrons. The minimum absolute atomic E-state index is 0.0912. The first kappa shape index (κ1) is 11.3. The zero-order chi connectivity index (χ0) is 11.6. The van der Waals surface area contributed by atoms with Gasteiger partial charge in [0, 0.05) is 32.4 Å². The van der Waals surface area contributed by atoms with E-state index >= 15 is 0 Å². The third-order valence-corrected chi connectivity index (χ3v) is 3.12. The summed E-state index contributed by atoms with van der Waals surface area (Å²) >= 11 is 0. The molecule has 1 aromatic rings. The van der Waals surface area contributed by atoms with Crippen molar-refractivity contribution < 1.29 is 8.42 Å². The van der Waals surface area contributed by atoms with Gasteiger partial charge < -0.3 is 10.2 Å². The molecule has 0 aromatic carbocycles. The van der Waals surface area contributed by atoms with Crippen molar-refractivity contribution in [1.29, 1.82) is 0 Å². The standard InChI is InChI=1S/C8H15N5O2S/c1-16(14,15)6-7-10-8(12-11-7)13-4-2-9-3-5-13/h9H,2-6H2,1H3,(H,10,11,12). The number of rotatable bonds is 3. The predicted molar refractivity (Wildman–Crippen MR) is 60.0 cm³/mol. The molecule has 2 heterocycles. The summed E-state index contributed by atoms with van der Waals surface area (Å²) < 4.78 is 22.1. The fraction of sp³-hybridized carbons (Fsp3) is 0.750. The molecule has 90 valence electrons. The lowest BCUT2D eigenvalue weighted by Gasteiger charge is -2.25. The molecule has 16 heavy (non-hydrogen) atoms. The van der Waals surface area contributed by atoms with Crippen LogP contribution in [0.4, 0.5) is 5.95 Å². The Morgan fingerprint density at radius 3 is 2.69 bits per heavy atom. The van der Waals surface area contributed by atoms with E-state index in [1.54, 1.807) is 0 Å². The van der Waals surface area contributed by atoms with Crippen molar-refractivity contribution in [2.45, 2.75) is 5.75 Å². The quantitative estimate of drug-likeness (QED) is 0.692. The van der Waals surface area contributed by atoms with Crippen molar-refractivity contribution >= 4 is 15.8 Å². The van der Waals surface area contributed by atoms with Crippen molar-refractivity contribution in [3.63, 3.8) is 0 Å². The Balaban J connectivity index is 2.06. The van der Waals surface area contributed by atoms with Crippen LogP contribution in [0.15, 0.2) is 0 Å². The molecule has 2 N–H and O–H groups in total. The van der Waals surface area contributed by atoms with Gasteiger partial charge in [-0.25, -0.2) is 8.42 Å². The molecule has 1 aromatic heterocycles. The second-order valence-corrected chi connectivity index (χ2v) is 6.03. The minimum atomic E-state index is -3.06. The molecular formula is C8H15N5O2S. The van der Waals surface area contributed by atoms with Crippen molar-refractivity contribution in [2.24, 2.45) is 0 Å². The van der Waals surface area contributed by atoms with E-state index in [2.05, 4.69) is 20.5 Å². The monoisotopic (exact) mass is 245 g/mol. The number of hydrogen-bond donors (Lipinski definition) is 2. The zero-order valence-corrected chi connectivity index (χ0v) is 9.92. The normalized spacial score (nSPS) is 17.7. The number of piperazine rings is 1. The van der Waals surface area contributed by atoms with E-state index in [9.17, 15) is 8.42 Å². The summed E-state index contributed by atoms with van der Waals surface area (Å²) in [6, 6.07) is 0. The van der Waals surface area contributed by atoms with Crippen LogP contribution >= 0.6 is 0 Å². The van der Waals surface area contributed by atoms with Crippen LogP contribution < -0.4 is 10.2 Å². The molecule has 1 aliphatic heterocycles. The van der Waals surface area contributed by atoms with E-state index in [1.165, 1.54) is 6.26 Å². The van der Waals surface area contributed by atoms with Gasteiger partial charge in [0.15, 0.2) is 9.84 Å². The highest BCUT2D eigenvalue weighted by Crippen LogP contribution is 2.08. The van der Waals surface area contributed by atoms with E-state index in [4.69, 9.17) is 0 Å². The number of aromatic nitrogens is 3. The van der Waals surface area contributed by atoms with Gasteiger partial charge in [0.1, 0.15) is 11.6 Å². The van der Waals surface area contributed by atoms with Crippen LogP contribution in [0.5, 0.6) is 0 Å². The molecule has 2 rings (SSSR count). The SMILES string of the molecule is CS(=O)(=O)Cc1nc(N2CCNCC2)n[nH]1. The van der Waals surface area contributed by atoms with Gasteiger partial charge in [0.2, 0.25) is 5.95 Å². The van der Waals surface area contributed by atoms with Gasteiger partial charge in [0.05, 0.1) is 0 Å². The fourth-order valence-corrected chi connectivity index (χ4v) is 2.23. The highest BCUT2D eigenvalue weighted by Gasteiger charge is 2.16. The molecule has 7 nitrogen and oxygen atoms in total. The number of nitrogens with one attached hydrogen (secondary N) is 2. The van der Waals surface area contributed by atoms with E-state index in [0.717, 1.165) is 26.2 Å². The van der Waals surface area contributed by atoms with Gasteiger partial charge in [-0.15, -0.1) is 5.10 Å². The predicted octanol–water partition coefficient (Wildman–Crippen LogP) is -1.24. The number of hydrogen-bond acceptors (Lipinski definition) is 6. The Morgan fingerprint density at radius 2 is 2.06 bits per heavy atom. The smallest absolute Gasteiger partial charge is 0.244 e. The summed E-state index contributed by atoms with van der Waals surface area (Å²) in [6.07, 6.45) is 1.18. The van der Waals surface area contributed by atoms with Crippen LogP contribution in [-0.4, -0.2) is 56.0 Å². The van der Waals surface area contributed by atoms with Crippen molar-refractivity contribution in [3.05, 3.63) is 5.82 Å². The third-order valence-electron chi connectivity index (χ3n) is 2.32. The average Bonchev–Trinajstić information content (AvgIpc) is 2.65. The lowest BCUT2D eigenvalue weighted by Crippen LogP contribution is -2.44. The first-order chi connectivity index (χ1) is 7.54. The maximum atomic E-state index is 11.1. The largest absolute Gasteiger partial charge is 0.337 e. The van der Waals surface area contributed by atoms with E-state index < -0.39 is 9.84 Å². The van der Waals surface area contributed by atoms with Gasteiger partial charge in [0.25, 0.3) is 0 Å². The van der Waals surface area contributed by atoms with Crippen LogP contribution in [-0.2, 0) is 15.6 Å². The Hall–Kier alpha value is -1.15. The fourth-order valence-electron chi connectivity index (χ4n) is 1.60. The van der Waals surface area contributed by atoms with Gasteiger partial charge in [-0.05, 0) is 0 Å². The Morgan fingerprint density at radius 1 is 1.38 bits per heavy atom. The van der Waals surface area contributed by atoms with Crippen LogP contribution in [0.1, 0.15) is 5.82 Å². The lowest BCUT2D eigenvalue weighted by molar-refractivity contribution is 0.580. The highest BCUT2D eigenvalue weighted by molar-refractivity contribution is 7.89. The van der Waals surface area contributed by atoms with Crippen LogP contribution in [0, 0.1) is 0 Å². The van der Waals surface area contributed by atoms with Gasteiger partial charge in [-0.3, -0.25) is 5.10 Å². The highest BCUT2D eigenvalue weighted by atomic mass is 32.2. The molecule has 0 unspecified atom stereocenters. The first-order valence-corrected chi connectivity index (χ1v) is 7.15. The van der Waals surface area contributed by atoms with Crippen LogP contribution in [0.25, 0.3) is 0 Å². The molecule has 0 aliphatic carbocycles. The average molecular weight is 245 g/mol. The number of sulfone groups is 1. The number of anilines is 1. The molecule has 0 spiro atoms. The van der Waals surface area contributed by atoms with E-state index in [-0.39, 0.29) is 5.75 Å². The molecule has 0 bridgehead atoms.